The first-order valence-electron chi connectivity index (χ1n) is 6.39. The Morgan fingerprint density at radius 1 is 1.42 bits per heavy atom. The van der Waals surface area contributed by atoms with Gasteiger partial charge in [-0.2, -0.15) is 0 Å². The molecule has 2 atom stereocenters. The Kier molecular flexibility index (Phi) is 4.71. The van der Waals surface area contributed by atoms with Gasteiger partial charge in [0.05, 0.1) is 19.3 Å². The minimum Gasteiger partial charge on any atom is -0.497 e. The molecule has 0 heterocycles. The van der Waals surface area contributed by atoms with Crippen molar-refractivity contribution in [1.29, 1.82) is 0 Å². The van der Waals surface area contributed by atoms with Crippen LogP contribution < -0.4 is 10.1 Å². The van der Waals surface area contributed by atoms with Gasteiger partial charge in [0, 0.05) is 0 Å². The molecule has 0 spiro atoms. The van der Waals surface area contributed by atoms with E-state index in [0.717, 1.165) is 24.2 Å². The SMILES string of the molecule is CNC1c2cc(OC)ccc2CCC1OCC(F)F. The van der Waals surface area contributed by atoms with Gasteiger partial charge >= 0.3 is 0 Å². The van der Waals surface area contributed by atoms with Crippen LogP contribution in [-0.2, 0) is 11.2 Å². The summed E-state index contributed by atoms with van der Waals surface area (Å²) in [7, 11) is 3.43. The third-order valence-electron chi connectivity index (χ3n) is 3.51. The molecule has 1 aromatic carbocycles. The molecule has 0 fully saturated rings. The first-order chi connectivity index (χ1) is 9.15. The highest BCUT2D eigenvalue weighted by Gasteiger charge is 2.30. The first kappa shape index (κ1) is 14.2. The highest BCUT2D eigenvalue weighted by Crippen LogP contribution is 2.34. The highest BCUT2D eigenvalue weighted by molar-refractivity contribution is 5.40. The molecule has 0 amide bonds. The Morgan fingerprint density at radius 2 is 2.21 bits per heavy atom. The molecule has 2 unspecified atom stereocenters. The van der Waals surface area contributed by atoms with Crippen molar-refractivity contribution in [3.05, 3.63) is 29.3 Å². The summed E-state index contributed by atoms with van der Waals surface area (Å²) >= 11 is 0. The Morgan fingerprint density at radius 3 is 2.84 bits per heavy atom. The van der Waals surface area contributed by atoms with Gasteiger partial charge in [-0.15, -0.1) is 0 Å². The van der Waals surface area contributed by atoms with Crippen molar-refractivity contribution < 1.29 is 18.3 Å². The van der Waals surface area contributed by atoms with Gasteiger partial charge in [0.1, 0.15) is 12.4 Å². The minimum atomic E-state index is -2.43. The van der Waals surface area contributed by atoms with Crippen LogP contribution in [0.1, 0.15) is 23.6 Å². The van der Waals surface area contributed by atoms with Gasteiger partial charge in [0.25, 0.3) is 6.43 Å². The maximum atomic E-state index is 12.3. The first-order valence-corrected chi connectivity index (χ1v) is 6.39. The number of nitrogens with one attached hydrogen (secondary N) is 1. The monoisotopic (exact) mass is 271 g/mol. The number of hydrogen-bond donors (Lipinski definition) is 1. The molecule has 19 heavy (non-hydrogen) atoms. The number of benzene rings is 1. The van der Waals surface area contributed by atoms with E-state index in [-0.39, 0.29) is 12.1 Å². The topological polar surface area (TPSA) is 30.5 Å². The van der Waals surface area contributed by atoms with Gasteiger partial charge in [0.2, 0.25) is 0 Å². The van der Waals surface area contributed by atoms with E-state index in [0.29, 0.717) is 0 Å². The summed E-state index contributed by atoms with van der Waals surface area (Å²) in [4.78, 5) is 0. The van der Waals surface area contributed by atoms with Crippen LogP contribution in [0.25, 0.3) is 0 Å². The van der Waals surface area contributed by atoms with Crippen LogP contribution in [0.15, 0.2) is 18.2 Å². The quantitative estimate of drug-likeness (QED) is 0.892. The van der Waals surface area contributed by atoms with Crippen LogP contribution in [0.4, 0.5) is 8.78 Å². The molecule has 0 radical (unpaired) electrons. The maximum Gasteiger partial charge on any atom is 0.261 e. The Balaban J connectivity index is 2.19. The number of rotatable bonds is 5. The number of fused-ring (bicyclic) bond motifs is 1. The van der Waals surface area contributed by atoms with Gasteiger partial charge in [-0.1, -0.05) is 6.07 Å². The van der Waals surface area contributed by atoms with Crippen molar-refractivity contribution in [3.63, 3.8) is 0 Å². The fourth-order valence-corrected chi connectivity index (χ4v) is 2.60. The second-order valence-electron chi connectivity index (χ2n) is 4.63. The van der Waals surface area contributed by atoms with E-state index in [4.69, 9.17) is 9.47 Å². The summed E-state index contributed by atoms with van der Waals surface area (Å²) < 4.78 is 35.1. The second kappa shape index (κ2) is 6.30. The van der Waals surface area contributed by atoms with E-state index >= 15 is 0 Å². The molecular weight excluding hydrogens is 252 g/mol. The van der Waals surface area contributed by atoms with E-state index < -0.39 is 13.0 Å². The third kappa shape index (κ3) is 3.22. The standard InChI is InChI=1S/C14H19F2NO2/c1-17-14-11-7-10(18-2)5-3-9(11)4-6-12(14)19-8-13(15)16/h3,5,7,12-14,17H,4,6,8H2,1-2H3. The van der Waals surface area contributed by atoms with E-state index in [1.54, 1.807) is 7.11 Å². The molecular formula is C14H19F2NO2. The predicted octanol–water partition coefficient (Wildman–Crippen LogP) is 2.55. The Hall–Kier alpha value is -1.20. The molecule has 1 aliphatic carbocycles. The zero-order valence-electron chi connectivity index (χ0n) is 11.2. The van der Waals surface area contributed by atoms with Crippen molar-refractivity contribution in [1.82, 2.24) is 5.32 Å². The zero-order valence-corrected chi connectivity index (χ0v) is 11.2. The summed E-state index contributed by atoms with van der Waals surface area (Å²) in [6.07, 6.45) is -1.06. The smallest absolute Gasteiger partial charge is 0.261 e. The Bertz CT molecular complexity index is 426. The van der Waals surface area contributed by atoms with E-state index in [2.05, 4.69) is 5.32 Å². The number of aryl methyl sites for hydroxylation is 1. The van der Waals surface area contributed by atoms with Crippen LogP contribution in [0.2, 0.25) is 0 Å². The molecule has 5 heteroatoms. The number of halogens is 2. The zero-order chi connectivity index (χ0) is 13.8. The van der Waals surface area contributed by atoms with Gasteiger partial charge in [-0.3, -0.25) is 0 Å². The van der Waals surface area contributed by atoms with E-state index in [9.17, 15) is 8.78 Å². The average Bonchev–Trinajstić information content (AvgIpc) is 2.43. The fourth-order valence-electron chi connectivity index (χ4n) is 2.60. The average molecular weight is 271 g/mol. The van der Waals surface area contributed by atoms with Crippen LogP contribution in [0.5, 0.6) is 5.75 Å². The van der Waals surface area contributed by atoms with Crippen molar-refractivity contribution >= 4 is 0 Å². The second-order valence-corrected chi connectivity index (χ2v) is 4.63. The summed E-state index contributed by atoms with van der Waals surface area (Å²) in [5, 5.41) is 3.16. The summed E-state index contributed by atoms with van der Waals surface area (Å²) in [5.41, 5.74) is 2.30. The Labute approximate surface area is 111 Å². The van der Waals surface area contributed by atoms with Crippen LogP contribution >= 0.6 is 0 Å². The van der Waals surface area contributed by atoms with E-state index in [1.807, 2.05) is 25.2 Å². The molecule has 0 saturated heterocycles. The number of alkyl halides is 2. The number of methoxy groups -OCH3 is 1. The third-order valence-corrected chi connectivity index (χ3v) is 3.51. The predicted molar refractivity (Wildman–Crippen MR) is 68.9 cm³/mol. The summed E-state index contributed by atoms with van der Waals surface area (Å²) in [6.45, 7) is -0.512. The molecule has 0 aliphatic heterocycles. The van der Waals surface area contributed by atoms with Crippen LogP contribution in [-0.4, -0.2) is 33.3 Å². The molecule has 3 nitrogen and oxygen atoms in total. The molecule has 0 aromatic heterocycles. The summed E-state index contributed by atoms with van der Waals surface area (Å²) in [6, 6.07) is 5.83. The summed E-state index contributed by atoms with van der Waals surface area (Å²) in [5.74, 6) is 0.772. The molecule has 106 valence electrons. The lowest BCUT2D eigenvalue weighted by atomic mass is 9.85. The minimum absolute atomic E-state index is 0.0717. The lowest BCUT2D eigenvalue weighted by molar-refractivity contribution is -0.0432. The van der Waals surface area contributed by atoms with Crippen molar-refractivity contribution in [2.45, 2.75) is 31.4 Å². The molecule has 1 aliphatic rings. The highest BCUT2D eigenvalue weighted by atomic mass is 19.3. The normalized spacial score (nSPS) is 22.4. The van der Waals surface area contributed by atoms with Crippen molar-refractivity contribution in [3.8, 4) is 5.75 Å². The van der Waals surface area contributed by atoms with Gasteiger partial charge in [0.15, 0.2) is 0 Å². The fraction of sp³-hybridized carbons (Fsp3) is 0.571. The van der Waals surface area contributed by atoms with Crippen LogP contribution in [0.3, 0.4) is 0 Å². The molecule has 1 N–H and O–H groups in total. The molecule has 1 aromatic rings. The van der Waals surface area contributed by atoms with E-state index in [1.165, 1.54) is 5.56 Å². The van der Waals surface area contributed by atoms with Gasteiger partial charge in [-0.05, 0) is 43.1 Å². The molecule has 0 saturated carbocycles. The lowest BCUT2D eigenvalue weighted by Crippen LogP contribution is -2.36. The number of hydrogen-bond acceptors (Lipinski definition) is 3. The largest absolute Gasteiger partial charge is 0.497 e. The van der Waals surface area contributed by atoms with Gasteiger partial charge < -0.3 is 14.8 Å². The number of likely N-dealkylation sites (N-methyl/N-ethyl adjacent to an activating group) is 1. The van der Waals surface area contributed by atoms with Crippen molar-refractivity contribution in [2.24, 2.45) is 0 Å². The lowest BCUT2D eigenvalue weighted by Gasteiger charge is -2.33. The number of ether oxygens (including phenoxy) is 2. The maximum absolute atomic E-state index is 12.3. The molecule has 0 bridgehead atoms. The van der Waals surface area contributed by atoms with Crippen LogP contribution in [0, 0.1) is 0 Å². The van der Waals surface area contributed by atoms with Crippen molar-refractivity contribution in [2.75, 3.05) is 20.8 Å². The van der Waals surface area contributed by atoms with Gasteiger partial charge in [-0.25, -0.2) is 8.78 Å². The molecule has 2 rings (SSSR count).